The van der Waals surface area contributed by atoms with Crippen molar-refractivity contribution >= 4 is 23.2 Å². The number of rotatable bonds is 3. The standard InChI is InChI=1S/C15H22N2O3S/c1-14(2,3)12-16-10(8-21-12)7-11(18)17-6-5-15(4,9-17)13(19)20/h8H,5-7,9H2,1-4H3,(H,19,20)/t15-/m1/s1. The van der Waals surface area contributed by atoms with Gasteiger partial charge in [0.05, 0.1) is 22.5 Å². The van der Waals surface area contributed by atoms with Crippen LogP contribution >= 0.6 is 11.3 Å². The molecule has 5 nitrogen and oxygen atoms in total. The Kier molecular flexibility index (Phi) is 4.10. The van der Waals surface area contributed by atoms with E-state index in [0.29, 0.717) is 13.0 Å². The summed E-state index contributed by atoms with van der Waals surface area (Å²) in [6.45, 7) is 8.78. The van der Waals surface area contributed by atoms with E-state index < -0.39 is 11.4 Å². The van der Waals surface area contributed by atoms with Crippen LogP contribution in [0.2, 0.25) is 0 Å². The zero-order valence-corrected chi connectivity index (χ0v) is 13.8. The first-order valence-electron chi connectivity index (χ1n) is 7.08. The Morgan fingerprint density at radius 3 is 2.62 bits per heavy atom. The first-order chi connectivity index (χ1) is 9.62. The average molecular weight is 310 g/mol. The second-order valence-electron chi connectivity index (χ2n) is 7.00. The molecule has 21 heavy (non-hydrogen) atoms. The molecule has 1 aromatic rings. The number of carbonyl (C=O) groups excluding carboxylic acids is 1. The van der Waals surface area contributed by atoms with Gasteiger partial charge in [-0.15, -0.1) is 11.3 Å². The number of hydrogen-bond acceptors (Lipinski definition) is 4. The van der Waals surface area contributed by atoms with Crippen molar-refractivity contribution in [1.82, 2.24) is 9.88 Å². The topological polar surface area (TPSA) is 70.5 Å². The summed E-state index contributed by atoms with van der Waals surface area (Å²) in [5.74, 6) is -0.868. The van der Waals surface area contributed by atoms with Crippen molar-refractivity contribution in [2.45, 2.75) is 46.0 Å². The van der Waals surface area contributed by atoms with E-state index in [-0.39, 0.29) is 24.3 Å². The molecule has 2 rings (SSSR count). The Labute approximate surface area is 129 Å². The lowest BCUT2D eigenvalue weighted by Gasteiger charge is -2.20. The van der Waals surface area contributed by atoms with Gasteiger partial charge in [0, 0.05) is 23.9 Å². The van der Waals surface area contributed by atoms with Crippen molar-refractivity contribution in [3.05, 3.63) is 16.1 Å². The molecule has 2 heterocycles. The maximum absolute atomic E-state index is 12.3. The van der Waals surface area contributed by atoms with Crippen LogP contribution in [0, 0.1) is 5.41 Å². The Bertz CT molecular complexity index is 562. The predicted octanol–water partition coefficient (Wildman–Crippen LogP) is 2.31. The summed E-state index contributed by atoms with van der Waals surface area (Å²) in [5, 5.41) is 12.1. The monoisotopic (exact) mass is 310 g/mol. The molecule has 0 bridgehead atoms. The maximum atomic E-state index is 12.3. The third kappa shape index (κ3) is 3.43. The Morgan fingerprint density at radius 2 is 2.14 bits per heavy atom. The molecule has 0 aromatic carbocycles. The molecule has 1 aliphatic rings. The minimum atomic E-state index is -0.832. The molecular weight excluding hydrogens is 288 g/mol. The van der Waals surface area contributed by atoms with E-state index in [2.05, 4.69) is 25.8 Å². The minimum Gasteiger partial charge on any atom is -0.481 e. The van der Waals surface area contributed by atoms with Gasteiger partial charge in [-0.05, 0) is 13.3 Å². The van der Waals surface area contributed by atoms with Crippen LogP contribution in [-0.4, -0.2) is 40.0 Å². The minimum absolute atomic E-state index is 0.0124. The van der Waals surface area contributed by atoms with E-state index in [4.69, 9.17) is 0 Å². The Balaban J connectivity index is 2.00. The number of nitrogens with zero attached hydrogens (tertiary/aromatic N) is 2. The highest BCUT2D eigenvalue weighted by atomic mass is 32.1. The van der Waals surface area contributed by atoms with E-state index >= 15 is 0 Å². The van der Waals surface area contributed by atoms with Gasteiger partial charge in [0.15, 0.2) is 0 Å². The van der Waals surface area contributed by atoms with Crippen molar-refractivity contribution in [3.8, 4) is 0 Å². The predicted molar refractivity (Wildman–Crippen MR) is 81.5 cm³/mol. The fourth-order valence-corrected chi connectivity index (χ4v) is 3.26. The number of hydrogen-bond donors (Lipinski definition) is 1. The number of carboxylic acid groups (broad SMARTS) is 1. The van der Waals surface area contributed by atoms with Gasteiger partial charge in [-0.2, -0.15) is 0 Å². The third-order valence-electron chi connectivity index (χ3n) is 3.87. The molecular formula is C15H22N2O3S. The number of aromatic nitrogens is 1. The molecule has 1 fully saturated rings. The van der Waals surface area contributed by atoms with Crippen molar-refractivity contribution in [1.29, 1.82) is 0 Å². The quantitative estimate of drug-likeness (QED) is 0.930. The number of thiazole rings is 1. The molecule has 6 heteroatoms. The molecule has 1 N–H and O–H groups in total. The number of aliphatic carboxylic acids is 1. The van der Waals surface area contributed by atoms with E-state index in [1.54, 1.807) is 23.2 Å². The van der Waals surface area contributed by atoms with Gasteiger partial charge < -0.3 is 10.0 Å². The van der Waals surface area contributed by atoms with Crippen molar-refractivity contribution in [2.75, 3.05) is 13.1 Å². The van der Waals surface area contributed by atoms with Gasteiger partial charge in [0.1, 0.15) is 0 Å². The molecule has 1 aliphatic heterocycles. The zero-order chi connectivity index (χ0) is 15.8. The molecule has 1 saturated heterocycles. The van der Waals surface area contributed by atoms with Gasteiger partial charge in [0.25, 0.3) is 0 Å². The van der Waals surface area contributed by atoms with Crippen molar-refractivity contribution < 1.29 is 14.7 Å². The number of carboxylic acids is 1. The fourth-order valence-electron chi connectivity index (χ4n) is 2.35. The van der Waals surface area contributed by atoms with Gasteiger partial charge >= 0.3 is 5.97 Å². The highest BCUT2D eigenvalue weighted by molar-refractivity contribution is 7.09. The second-order valence-corrected chi connectivity index (χ2v) is 7.86. The van der Waals surface area contributed by atoms with Gasteiger partial charge in [-0.3, -0.25) is 9.59 Å². The SMILES string of the molecule is CC(C)(C)c1nc(CC(=O)N2CC[C@@](C)(C(=O)O)C2)cs1. The first kappa shape index (κ1) is 15.9. The van der Waals surface area contributed by atoms with E-state index in [1.165, 1.54) is 0 Å². The van der Waals surface area contributed by atoms with Gasteiger partial charge in [-0.1, -0.05) is 20.8 Å². The number of likely N-dealkylation sites (tertiary alicyclic amines) is 1. The van der Waals surface area contributed by atoms with Gasteiger partial charge in [-0.25, -0.2) is 4.98 Å². The Hall–Kier alpha value is -1.43. The lowest BCUT2D eigenvalue weighted by Crippen LogP contribution is -2.35. The van der Waals surface area contributed by atoms with Crippen LogP contribution in [0.15, 0.2) is 5.38 Å². The molecule has 0 radical (unpaired) electrons. The van der Waals surface area contributed by atoms with Crippen LogP contribution in [-0.2, 0) is 21.4 Å². The summed E-state index contributed by atoms with van der Waals surface area (Å²) in [6, 6.07) is 0. The second kappa shape index (κ2) is 5.40. The van der Waals surface area contributed by atoms with Crippen LogP contribution in [0.3, 0.4) is 0 Å². The lowest BCUT2D eigenvalue weighted by molar-refractivity contribution is -0.147. The number of carbonyl (C=O) groups is 2. The first-order valence-corrected chi connectivity index (χ1v) is 7.96. The number of amides is 1. The molecule has 116 valence electrons. The summed E-state index contributed by atoms with van der Waals surface area (Å²) in [4.78, 5) is 29.7. The van der Waals surface area contributed by atoms with Crippen LogP contribution in [0.1, 0.15) is 44.8 Å². The molecule has 0 unspecified atom stereocenters. The maximum Gasteiger partial charge on any atom is 0.311 e. The van der Waals surface area contributed by atoms with E-state index in [9.17, 15) is 14.7 Å². The fraction of sp³-hybridized carbons (Fsp3) is 0.667. The smallest absolute Gasteiger partial charge is 0.311 e. The van der Waals surface area contributed by atoms with E-state index in [1.807, 2.05) is 5.38 Å². The summed E-state index contributed by atoms with van der Waals surface area (Å²) in [5.41, 5.74) is -0.0469. The summed E-state index contributed by atoms with van der Waals surface area (Å²) in [7, 11) is 0. The molecule has 0 spiro atoms. The molecule has 1 aromatic heterocycles. The summed E-state index contributed by atoms with van der Waals surface area (Å²) in [6.07, 6.45) is 0.765. The van der Waals surface area contributed by atoms with Crippen molar-refractivity contribution in [3.63, 3.8) is 0 Å². The van der Waals surface area contributed by atoms with Crippen LogP contribution in [0.5, 0.6) is 0 Å². The average Bonchev–Trinajstić information content (AvgIpc) is 2.96. The lowest BCUT2D eigenvalue weighted by atomic mass is 9.90. The molecule has 1 amide bonds. The zero-order valence-electron chi connectivity index (χ0n) is 13.0. The normalized spacial score (nSPS) is 22.6. The largest absolute Gasteiger partial charge is 0.481 e. The van der Waals surface area contributed by atoms with Crippen LogP contribution in [0.25, 0.3) is 0 Å². The summed E-state index contributed by atoms with van der Waals surface area (Å²) >= 11 is 1.57. The highest BCUT2D eigenvalue weighted by Gasteiger charge is 2.42. The van der Waals surface area contributed by atoms with Crippen LogP contribution < -0.4 is 0 Å². The molecule has 1 atom stereocenters. The highest BCUT2D eigenvalue weighted by Crippen LogP contribution is 2.31. The van der Waals surface area contributed by atoms with Crippen LogP contribution in [0.4, 0.5) is 0 Å². The Morgan fingerprint density at radius 1 is 1.48 bits per heavy atom. The van der Waals surface area contributed by atoms with Gasteiger partial charge in [0.2, 0.25) is 5.91 Å². The summed E-state index contributed by atoms with van der Waals surface area (Å²) < 4.78 is 0. The van der Waals surface area contributed by atoms with E-state index in [0.717, 1.165) is 10.7 Å². The van der Waals surface area contributed by atoms with Crippen molar-refractivity contribution in [2.24, 2.45) is 5.41 Å². The molecule has 0 aliphatic carbocycles. The third-order valence-corrected chi connectivity index (χ3v) is 5.18. The molecule has 0 saturated carbocycles.